The zero-order valence-electron chi connectivity index (χ0n) is 18.3. The van der Waals surface area contributed by atoms with Crippen LogP contribution < -0.4 is 10.5 Å². The zero-order chi connectivity index (χ0) is 23.8. The highest BCUT2D eigenvalue weighted by Gasteiger charge is 2.31. The highest BCUT2D eigenvalue weighted by Crippen LogP contribution is 2.42. The topological polar surface area (TPSA) is 61.0 Å². The summed E-state index contributed by atoms with van der Waals surface area (Å²) in [4.78, 5) is 9.37. The van der Waals surface area contributed by atoms with E-state index in [4.69, 9.17) is 22.7 Å². The average molecular weight is 474 g/mol. The molecule has 5 rings (SSSR count). The third-order valence-corrected chi connectivity index (χ3v) is 6.51. The number of ether oxygens (including phenoxy) is 1. The molecule has 2 aromatic carbocycles. The summed E-state index contributed by atoms with van der Waals surface area (Å²) in [6, 6.07) is 15.6. The first-order valence-electron chi connectivity index (χ1n) is 10.8. The number of hydrogen-bond donors (Lipinski definition) is 1. The molecule has 7 heteroatoms. The lowest BCUT2D eigenvalue weighted by Gasteiger charge is -2.25. The molecule has 2 aromatic heterocycles. The summed E-state index contributed by atoms with van der Waals surface area (Å²) in [5.74, 6) is -1.23. The Balaban J connectivity index is 1.53. The number of nitrogens with zero attached hydrogens (tertiary/aromatic N) is 2. The monoisotopic (exact) mass is 473 g/mol. The summed E-state index contributed by atoms with van der Waals surface area (Å²) >= 11 is 5.35. The van der Waals surface area contributed by atoms with Crippen molar-refractivity contribution in [1.82, 2.24) is 9.97 Å². The Hall–Kier alpha value is -3.71. The van der Waals surface area contributed by atoms with Crippen molar-refractivity contribution in [3.63, 3.8) is 0 Å². The van der Waals surface area contributed by atoms with Crippen molar-refractivity contribution in [2.24, 2.45) is 11.7 Å². The van der Waals surface area contributed by atoms with Gasteiger partial charge in [0.2, 0.25) is 0 Å². The molecule has 0 amide bonds. The molecule has 2 unspecified atom stereocenters. The summed E-state index contributed by atoms with van der Waals surface area (Å²) in [7, 11) is 0. The van der Waals surface area contributed by atoms with Crippen LogP contribution in [0.4, 0.5) is 8.78 Å². The molecular formula is C27H21F2N3OS. The summed E-state index contributed by atoms with van der Waals surface area (Å²) in [6.07, 6.45) is 5.51. The lowest BCUT2D eigenvalue weighted by molar-refractivity contribution is 0.302. The standard InChI is InChI=1S/C27H21F2N3OS/c1-15(27(30)34)26-19-3-2-10-31-24(19)14-33-25-9-5-16(11-20(25)26)4-7-18-8-6-17-12-21(28)22(29)13-23(17)32-18/h2-13,15,26H,14H2,1H3,(H2,30,34)/b7-4+. The van der Waals surface area contributed by atoms with E-state index in [0.29, 0.717) is 28.2 Å². The number of rotatable bonds is 4. The molecule has 0 saturated heterocycles. The molecule has 2 N–H and O–H groups in total. The average Bonchev–Trinajstić information content (AvgIpc) is 2.99. The molecule has 0 aliphatic carbocycles. The van der Waals surface area contributed by atoms with Crippen LogP contribution in [-0.2, 0) is 6.61 Å². The van der Waals surface area contributed by atoms with Crippen molar-refractivity contribution in [3.05, 3.63) is 101 Å². The quantitative estimate of drug-likeness (QED) is 0.367. The molecule has 4 aromatic rings. The van der Waals surface area contributed by atoms with Gasteiger partial charge in [-0.1, -0.05) is 43.4 Å². The van der Waals surface area contributed by atoms with E-state index in [-0.39, 0.29) is 11.8 Å². The highest BCUT2D eigenvalue weighted by atomic mass is 32.1. The third-order valence-electron chi connectivity index (χ3n) is 6.14. The zero-order valence-corrected chi connectivity index (χ0v) is 19.2. The van der Waals surface area contributed by atoms with Crippen molar-refractivity contribution < 1.29 is 13.5 Å². The molecule has 34 heavy (non-hydrogen) atoms. The first-order chi connectivity index (χ1) is 16.4. The predicted octanol–water partition coefficient (Wildman–Crippen LogP) is 6.02. The van der Waals surface area contributed by atoms with Crippen molar-refractivity contribution in [2.45, 2.75) is 19.4 Å². The van der Waals surface area contributed by atoms with Gasteiger partial charge in [0.1, 0.15) is 12.4 Å². The fraction of sp³-hybridized carbons (Fsp3) is 0.148. The van der Waals surface area contributed by atoms with E-state index in [1.54, 1.807) is 18.3 Å². The molecule has 1 aliphatic rings. The van der Waals surface area contributed by atoms with Gasteiger partial charge >= 0.3 is 0 Å². The number of benzene rings is 2. The molecule has 170 valence electrons. The van der Waals surface area contributed by atoms with E-state index >= 15 is 0 Å². The first kappa shape index (κ1) is 22.1. The summed E-state index contributed by atoms with van der Waals surface area (Å²) < 4.78 is 33.2. The van der Waals surface area contributed by atoms with E-state index in [1.165, 1.54) is 0 Å². The second-order valence-corrected chi connectivity index (χ2v) is 8.79. The van der Waals surface area contributed by atoms with Gasteiger partial charge in [0, 0.05) is 35.0 Å². The Labute approximate surface area is 201 Å². The Morgan fingerprint density at radius 2 is 1.91 bits per heavy atom. The second kappa shape index (κ2) is 8.91. The number of aromatic nitrogens is 2. The molecule has 0 bridgehead atoms. The van der Waals surface area contributed by atoms with Crippen molar-refractivity contribution in [1.29, 1.82) is 0 Å². The van der Waals surface area contributed by atoms with Gasteiger partial charge in [-0.25, -0.2) is 13.8 Å². The fourth-order valence-corrected chi connectivity index (χ4v) is 4.46. The van der Waals surface area contributed by atoms with E-state index in [0.717, 1.165) is 40.3 Å². The number of halogens is 2. The van der Waals surface area contributed by atoms with Crippen LogP contribution in [0.2, 0.25) is 0 Å². The number of pyridine rings is 2. The molecule has 0 radical (unpaired) electrons. The maximum Gasteiger partial charge on any atom is 0.161 e. The molecule has 4 nitrogen and oxygen atoms in total. The van der Waals surface area contributed by atoms with E-state index in [2.05, 4.69) is 16.0 Å². The fourth-order valence-electron chi connectivity index (χ4n) is 4.32. The Morgan fingerprint density at radius 1 is 1.09 bits per heavy atom. The van der Waals surface area contributed by atoms with Crippen molar-refractivity contribution >= 4 is 40.3 Å². The van der Waals surface area contributed by atoms with Crippen LogP contribution >= 0.6 is 12.2 Å². The summed E-state index contributed by atoms with van der Waals surface area (Å²) in [5.41, 5.74) is 10.9. The van der Waals surface area contributed by atoms with E-state index < -0.39 is 11.6 Å². The van der Waals surface area contributed by atoms with Crippen LogP contribution in [-0.4, -0.2) is 15.0 Å². The lowest BCUT2D eigenvalue weighted by Crippen LogP contribution is -2.26. The van der Waals surface area contributed by atoms with Gasteiger partial charge in [0.15, 0.2) is 11.6 Å². The maximum absolute atomic E-state index is 13.6. The van der Waals surface area contributed by atoms with Gasteiger partial charge in [0.05, 0.1) is 21.9 Å². The van der Waals surface area contributed by atoms with Gasteiger partial charge in [-0.15, -0.1) is 0 Å². The number of thiocarbonyl (C=S) groups is 1. The van der Waals surface area contributed by atoms with Crippen LogP contribution in [0.15, 0.2) is 60.8 Å². The minimum absolute atomic E-state index is 0.0938. The van der Waals surface area contributed by atoms with Gasteiger partial charge in [-0.3, -0.25) is 4.98 Å². The molecule has 0 saturated carbocycles. The predicted molar refractivity (Wildman–Crippen MR) is 133 cm³/mol. The molecule has 3 heterocycles. The first-order valence-corrected chi connectivity index (χ1v) is 11.3. The minimum Gasteiger partial charge on any atom is -0.487 e. The molecular weight excluding hydrogens is 452 g/mol. The van der Waals surface area contributed by atoms with E-state index in [1.807, 2.05) is 43.3 Å². The third kappa shape index (κ3) is 4.15. The van der Waals surface area contributed by atoms with Gasteiger partial charge in [0.25, 0.3) is 0 Å². The molecule has 0 spiro atoms. The van der Waals surface area contributed by atoms with Crippen LogP contribution in [0.5, 0.6) is 5.75 Å². The van der Waals surface area contributed by atoms with Crippen LogP contribution in [0.25, 0.3) is 23.1 Å². The highest BCUT2D eigenvalue weighted by molar-refractivity contribution is 7.80. The number of fused-ring (bicyclic) bond motifs is 3. The van der Waals surface area contributed by atoms with Crippen LogP contribution in [0.3, 0.4) is 0 Å². The molecule has 2 atom stereocenters. The van der Waals surface area contributed by atoms with Gasteiger partial charge in [-0.05, 0) is 47.5 Å². The summed E-state index contributed by atoms with van der Waals surface area (Å²) in [5, 5.41) is 0.542. The van der Waals surface area contributed by atoms with Crippen molar-refractivity contribution in [2.75, 3.05) is 0 Å². The number of nitrogens with two attached hydrogens (primary N) is 1. The van der Waals surface area contributed by atoms with Crippen molar-refractivity contribution in [3.8, 4) is 5.75 Å². The Bertz CT molecular complexity index is 1450. The van der Waals surface area contributed by atoms with E-state index in [9.17, 15) is 8.78 Å². The van der Waals surface area contributed by atoms with Gasteiger partial charge < -0.3 is 10.5 Å². The SMILES string of the molecule is CC(C(N)=S)C1c2cc(/C=C/c3ccc4cc(F)c(F)cc4n3)ccc2OCc2ncccc21. The maximum atomic E-state index is 13.6. The second-order valence-electron chi connectivity index (χ2n) is 8.32. The Morgan fingerprint density at radius 3 is 2.74 bits per heavy atom. The smallest absolute Gasteiger partial charge is 0.161 e. The molecule has 0 fully saturated rings. The largest absolute Gasteiger partial charge is 0.487 e. The van der Waals surface area contributed by atoms with Crippen LogP contribution in [0, 0.1) is 17.6 Å². The van der Waals surface area contributed by atoms with Gasteiger partial charge in [-0.2, -0.15) is 0 Å². The lowest BCUT2D eigenvalue weighted by atomic mass is 9.80. The summed E-state index contributed by atoms with van der Waals surface area (Å²) in [6.45, 7) is 2.39. The van der Waals surface area contributed by atoms with Crippen LogP contribution in [0.1, 0.15) is 40.9 Å². The normalized spacial score (nSPS) is 15.9. The number of hydrogen-bond acceptors (Lipinski definition) is 4. The molecule has 1 aliphatic heterocycles. The minimum atomic E-state index is -0.917. The Kier molecular flexibility index (Phi) is 5.79.